The zero-order valence-corrected chi connectivity index (χ0v) is 15.6. The number of nitrogens with one attached hydrogen (secondary N) is 1. The van der Waals surface area contributed by atoms with E-state index in [1.807, 2.05) is 20.8 Å². The number of carbonyl (C=O) groups excluding carboxylic acids is 1. The van der Waals surface area contributed by atoms with E-state index >= 15 is 0 Å². The molecule has 1 aromatic rings. The van der Waals surface area contributed by atoms with Gasteiger partial charge >= 0.3 is 6.61 Å². The van der Waals surface area contributed by atoms with Crippen LogP contribution in [0.3, 0.4) is 0 Å². The van der Waals surface area contributed by atoms with Crippen molar-refractivity contribution in [3.8, 4) is 11.5 Å². The molecule has 1 aromatic carbocycles. The molecule has 0 saturated heterocycles. The topological polar surface area (TPSA) is 73.6 Å². The fourth-order valence-corrected chi connectivity index (χ4v) is 2.01. The first-order valence-corrected chi connectivity index (χ1v) is 8.12. The van der Waals surface area contributed by atoms with E-state index in [-0.39, 0.29) is 36.5 Å². The van der Waals surface area contributed by atoms with Crippen LogP contribution >= 0.6 is 12.4 Å². The van der Waals surface area contributed by atoms with Crippen LogP contribution in [0.4, 0.5) is 8.78 Å². The van der Waals surface area contributed by atoms with E-state index in [0.29, 0.717) is 17.9 Å². The largest absolute Gasteiger partial charge is 0.493 e. The Labute approximate surface area is 153 Å². The molecular formula is C17H27ClF2N2O3. The summed E-state index contributed by atoms with van der Waals surface area (Å²) in [5, 5.41) is 2.66. The first-order valence-electron chi connectivity index (χ1n) is 8.12. The van der Waals surface area contributed by atoms with Crippen LogP contribution < -0.4 is 20.5 Å². The zero-order chi connectivity index (χ0) is 18.1. The summed E-state index contributed by atoms with van der Waals surface area (Å²) in [6.07, 6.45) is 1.58. The van der Waals surface area contributed by atoms with E-state index in [9.17, 15) is 13.6 Å². The highest BCUT2D eigenvalue weighted by Crippen LogP contribution is 2.26. The molecule has 2 atom stereocenters. The van der Waals surface area contributed by atoms with Gasteiger partial charge in [0, 0.05) is 18.2 Å². The van der Waals surface area contributed by atoms with Crippen molar-refractivity contribution in [2.24, 2.45) is 11.7 Å². The third kappa shape index (κ3) is 7.88. The first-order chi connectivity index (χ1) is 11.4. The summed E-state index contributed by atoms with van der Waals surface area (Å²) in [6.45, 7) is 3.36. The Morgan fingerprint density at radius 1 is 1.32 bits per heavy atom. The Morgan fingerprint density at radius 2 is 2.00 bits per heavy atom. The lowest BCUT2D eigenvalue weighted by atomic mass is 9.99. The summed E-state index contributed by atoms with van der Waals surface area (Å²) < 4.78 is 35.1. The van der Waals surface area contributed by atoms with Crippen LogP contribution in [-0.2, 0) is 11.3 Å². The van der Waals surface area contributed by atoms with E-state index in [2.05, 4.69) is 10.1 Å². The lowest BCUT2D eigenvalue weighted by Gasteiger charge is -2.19. The van der Waals surface area contributed by atoms with Gasteiger partial charge in [0.1, 0.15) is 11.5 Å². The number of rotatable bonds is 10. The second-order valence-electron chi connectivity index (χ2n) is 5.63. The minimum absolute atomic E-state index is 0. The Morgan fingerprint density at radius 3 is 2.56 bits per heavy atom. The lowest BCUT2D eigenvalue weighted by molar-refractivity contribution is -0.123. The van der Waals surface area contributed by atoms with Gasteiger partial charge in [0.25, 0.3) is 0 Å². The predicted octanol–water partition coefficient (Wildman–Crippen LogP) is 3.49. The average molecular weight is 381 g/mol. The number of alkyl halides is 2. The van der Waals surface area contributed by atoms with Gasteiger partial charge in [0.05, 0.1) is 12.6 Å². The summed E-state index contributed by atoms with van der Waals surface area (Å²) in [7, 11) is 0. The normalized spacial score (nSPS) is 12.9. The van der Waals surface area contributed by atoms with Gasteiger partial charge in [0.2, 0.25) is 5.91 Å². The number of nitrogens with two attached hydrogens (primary N) is 1. The van der Waals surface area contributed by atoms with Crippen molar-refractivity contribution in [2.45, 2.75) is 52.8 Å². The van der Waals surface area contributed by atoms with Gasteiger partial charge in [-0.1, -0.05) is 27.2 Å². The van der Waals surface area contributed by atoms with Crippen LogP contribution in [0.1, 0.15) is 39.2 Å². The van der Waals surface area contributed by atoms with Gasteiger partial charge < -0.3 is 20.5 Å². The SMILES string of the molecule is CCCOc1ccc(CNC(=O)C(N)C(C)CC)c(OC(F)F)c1.Cl. The molecule has 0 aliphatic heterocycles. The molecule has 1 rings (SSSR count). The summed E-state index contributed by atoms with van der Waals surface area (Å²) in [5.41, 5.74) is 6.28. The highest BCUT2D eigenvalue weighted by atomic mass is 35.5. The first kappa shape index (κ1) is 23.4. The molecule has 3 N–H and O–H groups in total. The highest BCUT2D eigenvalue weighted by molar-refractivity contribution is 5.85. The van der Waals surface area contributed by atoms with Gasteiger partial charge in [-0.3, -0.25) is 4.79 Å². The number of halogens is 3. The summed E-state index contributed by atoms with van der Waals surface area (Å²) in [4.78, 5) is 12.0. The molecule has 2 unspecified atom stereocenters. The van der Waals surface area contributed by atoms with Crippen molar-refractivity contribution in [1.82, 2.24) is 5.32 Å². The van der Waals surface area contributed by atoms with E-state index in [1.165, 1.54) is 6.07 Å². The van der Waals surface area contributed by atoms with E-state index in [1.54, 1.807) is 12.1 Å². The van der Waals surface area contributed by atoms with Gasteiger partial charge in [-0.05, 0) is 24.5 Å². The lowest BCUT2D eigenvalue weighted by Crippen LogP contribution is -2.44. The second-order valence-corrected chi connectivity index (χ2v) is 5.63. The molecule has 0 radical (unpaired) electrons. The molecule has 0 bridgehead atoms. The molecule has 25 heavy (non-hydrogen) atoms. The number of hydrogen-bond donors (Lipinski definition) is 2. The van der Waals surface area contributed by atoms with E-state index in [0.717, 1.165) is 12.8 Å². The van der Waals surface area contributed by atoms with Crippen LogP contribution in [0.2, 0.25) is 0 Å². The third-order valence-corrected chi connectivity index (χ3v) is 3.74. The highest BCUT2D eigenvalue weighted by Gasteiger charge is 2.20. The van der Waals surface area contributed by atoms with Crippen molar-refractivity contribution >= 4 is 18.3 Å². The van der Waals surface area contributed by atoms with Crippen molar-refractivity contribution < 1.29 is 23.0 Å². The maximum absolute atomic E-state index is 12.6. The molecule has 0 saturated carbocycles. The molecule has 144 valence electrons. The van der Waals surface area contributed by atoms with Crippen LogP contribution in [0, 0.1) is 5.92 Å². The minimum atomic E-state index is -2.96. The van der Waals surface area contributed by atoms with Crippen LogP contribution in [0.25, 0.3) is 0 Å². The third-order valence-electron chi connectivity index (χ3n) is 3.74. The number of benzene rings is 1. The van der Waals surface area contributed by atoms with Gasteiger partial charge in [0.15, 0.2) is 0 Å². The van der Waals surface area contributed by atoms with E-state index < -0.39 is 12.7 Å². The maximum Gasteiger partial charge on any atom is 0.387 e. The fourth-order valence-electron chi connectivity index (χ4n) is 2.01. The molecule has 0 aromatic heterocycles. The molecular weight excluding hydrogens is 354 g/mol. The quantitative estimate of drug-likeness (QED) is 0.651. The molecule has 8 heteroatoms. The molecule has 0 heterocycles. The Hall–Kier alpha value is -1.60. The van der Waals surface area contributed by atoms with Crippen molar-refractivity contribution in [3.63, 3.8) is 0 Å². The van der Waals surface area contributed by atoms with Gasteiger partial charge in [-0.25, -0.2) is 0 Å². The maximum atomic E-state index is 12.6. The summed E-state index contributed by atoms with van der Waals surface area (Å²) >= 11 is 0. The monoisotopic (exact) mass is 380 g/mol. The number of carbonyl (C=O) groups is 1. The zero-order valence-electron chi connectivity index (χ0n) is 14.8. The van der Waals surface area contributed by atoms with Crippen LogP contribution in [0.5, 0.6) is 11.5 Å². The predicted molar refractivity (Wildman–Crippen MR) is 95.4 cm³/mol. The molecule has 0 aliphatic carbocycles. The second kappa shape index (κ2) is 11.9. The molecule has 0 fully saturated rings. The molecule has 5 nitrogen and oxygen atoms in total. The van der Waals surface area contributed by atoms with Crippen LogP contribution in [0.15, 0.2) is 18.2 Å². The Balaban J connectivity index is 0.00000576. The molecule has 0 spiro atoms. The minimum Gasteiger partial charge on any atom is -0.493 e. The average Bonchev–Trinajstić information content (AvgIpc) is 2.56. The Kier molecular flexibility index (Phi) is 11.1. The number of hydrogen-bond acceptors (Lipinski definition) is 4. The number of ether oxygens (including phenoxy) is 2. The van der Waals surface area contributed by atoms with Crippen LogP contribution in [-0.4, -0.2) is 25.2 Å². The van der Waals surface area contributed by atoms with Crippen molar-refractivity contribution in [2.75, 3.05) is 6.61 Å². The summed E-state index contributed by atoms with van der Waals surface area (Å²) in [6, 6.07) is 4.02. The summed E-state index contributed by atoms with van der Waals surface area (Å²) in [5.74, 6) is 0.139. The Bertz CT molecular complexity index is 533. The van der Waals surface area contributed by atoms with E-state index in [4.69, 9.17) is 10.5 Å². The molecule has 0 aliphatic rings. The van der Waals surface area contributed by atoms with Gasteiger partial charge in [-0.15, -0.1) is 12.4 Å². The standard InChI is InChI=1S/C17H26F2N2O3.ClH/c1-4-8-23-13-7-6-12(14(9-13)24-17(18)19)10-21-16(22)15(20)11(3)5-2;/h6-7,9,11,15,17H,4-5,8,10,20H2,1-3H3,(H,21,22);1H. The smallest absolute Gasteiger partial charge is 0.387 e. The van der Waals surface area contributed by atoms with Crippen molar-refractivity contribution in [1.29, 1.82) is 0 Å². The fraction of sp³-hybridized carbons (Fsp3) is 0.588. The van der Waals surface area contributed by atoms with Crippen molar-refractivity contribution in [3.05, 3.63) is 23.8 Å². The number of amides is 1. The molecule has 1 amide bonds. The van der Waals surface area contributed by atoms with Gasteiger partial charge in [-0.2, -0.15) is 8.78 Å².